The highest BCUT2D eigenvalue weighted by Gasteiger charge is 2.63. The van der Waals surface area contributed by atoms with Gasteiger partial charge in [0.15, 0.2) is 14.6 Å². The van der Waals surface area contributed by atoms with Crippen LogP contribution in [0.1, 0.15) is 38.5 Å². The van der Waals surface area contributed by atoms with E-state index in [0.29, 0.717) is 31.0 Å². The molecule has 1 atom stereocenters. The van der Waals surface area contributed by atoms with Gasteiger partial charge in [0.1, 0.15) is 0 Å². The van der Waals surface area contributed by atoms with Gasteiger partial charge in [0, 0.05) is 18.1 Å². The van der Waals surface area contributed by atoms with Crippen molar-refractivity contribution in [1.82, 2.24) is 4.90 Å². The first kappa shape index (κ1) is 17.3. The summed E-state index contributed by atoms with van der Waals surface area (Å²) in [7, 11) is -3.72. The minimum Gasteiger partial charge on any atom is -0.393 e. The maximum absolute atomic E-state index is 13.0. The highest BCUT2D eigenvalue weighted by atomic mass is 35.5. The molecule has 1 heterocycles. The summed E-state index contributed by atoms with van der Waals surface area (Å²) in [6.45, 7) is 1.07. The van der Waals surface area contributed by atoms with Crippen molar-refractivity contribution >= 4 is 27.3 Å². The number of carbonyl (C=O) groups is 1. The lowest BCUT2D eigenvalue weighted by Gasteiger charge is -2.51. The van der Waals surface area contributed by atoms with Crippen molar-refractivity contribution in [3.63, 3.8) is 0 Å². The summed E-state index contributed by atoms with van der Waals surface area (Å²) < 4.78 is 24.8. The number of rotatable bonds is 3. The van der Waals surface area contributed by atoms with Gasteiger partial charge in [0.25, 0.3) is 0 Å². The molecule has 0 bridgehead atoms. The Bertz CT molecular complexity index is 793. The first-order chi connectivity index (χ1) is 11.8. The van der Waals surface area contributed by atoms with E-state index >= 15 is 0 Å². The number of amides is 1. The monoisotopic (exact) mass is 383 g/mol. The summed E-state index contributed by atoms with van der Waals surface area (Å²) >= 11 is 5.84. The maximum Gasteiger partial charge on any atom is 0.244 e. The molecule has 1 amide bonds. The summed E-state index contributed by atoms with van der Waals surface area (Å²) in [5, 5.41) is 10.5. The van der Waals surface area contributed by atoms with Crippen LogP contribution in [0.4, 0.5) is 0 Å². The van der Waals surface area contributed by atoms with Crippen molar-refractivity contribution in [2.45, 2.75) is 54.3 Å². The Morgan fingerprint density at radius 3 is 2.12 bits per heavy atom. The van der Waals surface area contributed by atoms with Crippen LogP contribution in [0.5, 0.6) is 0 Å². The number of piperidine rings is 1. The summed E-state index contributed by atoms with van der Waals surface area (Å²) in [6, 6.07) is 6.02. The number of sulfone groups is 1. The lowest BCUT2D eigenvalue weighted by atomic mass is 9.61. The van der Waals surface area contributed by atoms with E-state index < -0.39 is 14.6 Å². The van der Waals surface area contributed by atoms with Crippen LogP contribution in [0.25, 0.3) is 0 Å². The molecule has 7 heteroatoms. The second-order valence-corrected chi connectivity index (χ2v) is 10.4. The molecule has 1 N–H and O–H groups in total. The summed E-state index contributed by atoms with van der Waals surface area (Å²) in [5.74, 6) is -0.272. The van der Waals surface area contributed by atoms with Crippen LogP contribution in [0, 0.1) is 5.41 Å². The molecule has 1 aromatic rings. The molecule has 4 rings (SSSR count). The normalized spacial score (nSPS) is 27.0. The number of benzene rings is 1. The Labute approximate surface area is 152 Å². The molecule has 5 nitrogen and oxygen atoms in total. The first-order valence-corrected chi connectivity index (χ1v) is 10.6. The second kappa shape index (κ2) is 5.69. The molecular weight excluding hydrogens is 362 g/mol. The number of hydrogen-bond acceptors (Lipinski definition) is 4. The number of likely N-dealkylation sites (tertiary alicyclic amines) is 1. The highest BCUT2D eigenvalue weighted by Crippen LogP contribution is 2.52. The highest BCUT2D eigenvalue weighted by molar-refractivity contribution is 7.94. The Morgan fingerprint density at radius 1 is 1.08 bits per heavy atom. The quantitative estimate of drug-likeness (QED) is 0.869. The van der Waals surface area contributed by atoms with Gasteiger partial charge in [-0.25, -0.2) is 8.42 Å². The molecule has 3 aliphatic rings. The Balaban J connectivity index is 1.53. The number of carbonyl (C=O) groups excluding carboxylic acids is 1. The van der Waals surface area contributed by atoms with Gasteiger partial charge in [-0.1, -0.05) is 11.6 Å². The SMILES string of the molecule is O=C(N1CCC2(CCC2O)CC1)C1(S(=O)(=O)c2ccc(Cl)cc2)CC1. The number of hydrogen-bond donors (Lipinski definition) is 1. The van der Waals surface area contributed by atoms with Gasteiger partial charge in [-0.2, -0.15) is 0 Å². The zero-order valence-electron chi connectivity index (χ0n) is 13.9. The molecule has 1 aliphatic heterocycles. The van der Waals surface area contributed by atoms with Crippen LogP contribution in [-0.4, -0.2) is 48.3 Å². The lowest BCUT2D eigenvalue weighted by molar-refractivity contribution is -0.141. The lowest BCUT2D eigenvalue weighted by Crippen LogP contribution is -2.55. The van der Waals surface area contributed by atoms with Crippen molar-refractivity contribution < 1.29 is 18.3 Å². The van der Waals surface area contributed by atoms with Gasteiger partial charge >= 0.3 is 0 Å². The molecule has 2 aliphatic carbocycles. The predicted octanol–water partition coefficient (Wildman–Crippen LogP) is 2.41. The zero-order chi connectivity index (χ0) is 17.9. The first-order valence-electron chi connectivity index (χ1n) is 8.79. The van der Waals surface area contributed by atoms with E-state index in [9.17, 15) is 18.3 Å². The van der Waals surface area contributed by atoms with E-state index in [2.05, 4.69) is 0 Å². The maximum atomic E-state index is 13.0. The van der Waals surface area contributed by atoms with Gasteiger partial charge in [0.05, 0.1) is 11.0 Å². The second-order valence-electron chi connectivity index (χ2n) is 7.66. The molecule has 1 spiro atoms. The minimum atomic E-state index is -3.72. The van der Waals surface area contributed by atoms with E-state index in [-0.39, 0.29) is 22.3 Å². The van der Waals surface area contributed by atoms with E-state index in [0.717, 1.165) is 25.7 Å². The molecular formula is C18H22ClNO4S. The molecule has 1 saturated heterocycles. The van der Waals surface area contributed by atoms with Gasteiger partial charge in [0.2, 0.25) is 5.91 Å². The third-order valence-corrected chi connectivity index (χ3v) is 9.16. The van der Waals surface area contributed by atoms with Crippen molar-refractivity contribution in [3.8, 4) is 0 Å². The average molecular weight is 384 g/mol. The molecule has 0 aromatic heterocycles. The predicted molar refractivity (Wildman–Crippen MR) is 94.1 cm³/mol. The number of aliphatic hydroxyl groups is 1. The van der Waals surface area contributed by atoms with E-state index in [1.165, 1.54) is 24.3 Å². The molecule has 1 aromatic carbocycles. The Hall–Kier alpha value is -1.11. The van der Waals surface area contributed by atoms with Crippen molar-refractivity contribution in [1.29, 1.82) is 0 Å². The molecule has 25 heavy (non-hydrogen) atoms. The smallest absolute Gasteiger partial charge is 0.244 e. The fourth-order valence-corrected chi connectivity index (χ4v) is 6.33. The zero-order valence-corrected chi connectivity index (χ0v) is 15.5. The van der Waals surface area contributed by atoms with Crippen molar-refractivity contribution in [3.05, 3.63) is 29.3 Å². The number of aliphatic hydroxyl groups excluding tert-OH is 1. The Morgan fingerprint density at radius 2 is 1.68 bits per heavy atom. The number of halogens is 1. The average Bonchev–Trinajstić information content (AvgIpc) is 3.43. The van der Waals surface area contributed by atoms with Gasteiger partial charge in [-0.3, -0.25) is 4.79 Å². The largest absolute Gasteiger partial charge is 0.393 e. The fourth-order valence-electron chi connectivity index (χ4n) is 4.26. The van der Waals surface area contributed by atoms with E-state index in [1.807, 2.05) is 0 Å². The molecule has 3 fully saturated rings. The van der Waals surface area contributed by atoms with Gasteiger partial charge < -0.3 is 10.0 Å². The van der Waals surface area contributed by atoms with E-state index in [4.69, 9.17) is 11.6 Å². The van der Waals surface area contributed by atoms with Crippen molar-refractivity contribution in [2.75, 3.05) is 13.1 Å². The van der Waals surface area contributed by atoms with Gasteiger partial charge in [-0.15, -0.1) is 0 Å². The van der Waals surface area contributed by atoms with Crippen LogP contribution in [-0.2, 0) is 14.6 Å². The van der Waals surface area contributed by atoms with Gasteiger partial charge in [-0.05, 0) is 68.2 Å². The molecule has 2 saturated carbocycles. The van der Waals surface area contributed by atoms with Crippen LogP contribution in [0.2, 0.25) is 5.02 Å². The fraction of sp³-hybridized carbons (Fsp3) is 0.611. The summed E-state index contributed by atoms with van der Waals surface area (Å²) in [5.41, 5.74) is -0.0391. The topological polar surface area (TPSA) is 74.7 Å². The third-order valence-electron chi connectivity index (χ3n) is 6.40. The molecule has 136 valence electrons. The van der Waals surface area contributed by atoms with Crippen LogP contribution >= 0.6 is 11.6 Å². The number of nitrogens with zero attached hydrogens (tertiary/aromatic N) is 1. The Kier molecular flexibility index (Phi) is 3.94. The van der Waals surface area contributed by atoms with Crippen LogP contribution in [0.15, 0.2) is 29.2 Å². The summed E-state index contributed by atoms with van der Waals surface area (Å²) in [6.07, 6.45) is 3.85. The molecule has 0 radical (unpaired) electrons. The minimum absolute atomic E-state index is 0.0391. The molecule has 1 unspecified atom stereocenters. The third kappa shape index (κ3) is 2.53. The van der Waals surface area contributed by atoms with Crippen LogP contribution in [0.3, 0.4) is 0 Å². The van der Waals surface area contributed by atoms with Crippen LogP contribution < -0.4 is 0 Å². The standard InChI is InChI=1S/C18H22ClNO4S/c19-13-1-3-14(4-2-13)25(23,24)18(7-8-18)16(22)20-11-9-17(10-12-20)6-5-15(17)21/h1-4,15,21H,5-12H2. The van der Waals surface area contributed by atoms with E-state index in [1.54, 1.807) is 4.90 Å². The summed E-state index contributed by atoms with van der Waals surface area (Å²) in [4.78, 5) is 14.9. The van der Waals surface area contributed by atoms with Crippen molar-refractivity contribution in [2.24, 2.45) is 5.41 Å².